The Hall–Kier alpha value is 0.394. The van der Waals surface area contributed by atoms with Crippen molar-refractivity contribution < 1.29 is 0 Å². The van der Waals surface area contributed by atoms with Crippen molar-refractivity contribution in [3.05, 3.63) is 0 Å². The Morgan fingerprint density at radius 2 is 1.88 bits per heavy atom. The molecule has 0 aliphatic carbocycles. The number of hydrogen-bond acceptors (Lipinski definition) is 1. The number of nitrogens with zero attached hydrogens (tertiary/aromatic N) is 1. The Balaban J connectivity index is 2.93. The van der Waals surface area contributed by atoms with Crippen molar-refractivity contribution in [1.82, 2.24) is 4.57 Å². The van der Waals surface area contributed by atoms with Gasteiger partial charge in [0.25, 0.3) is 0 Å². The Kier molecular flexibility index (Phi) is 4.50. The van der Waals surface area contributed by atoms with Crippen molar-refractivity contribution in [2.45, 2.75) is 18.8 Å². The fraction of sp³-hybridized carbons (Fsp3) is 1.00. The van der Waals surface area contributed by atoms with E-state index in [1.807, 2.05) is 0 Å². The molecule has 0 bridgehead atoms. The summed E-state index contributed by atoms with van der Waals surface area (Å²) in [6.07, 6.45) is 0. The van der Waals surface area contributed by atoms with Crippen molar-refractivity contribution in [3.63, 3.8) is 0 Å². The molecule has 8 heavy (non-hydrogen) atoms. The van der Waals surface area contributed by atoms with E-state index in [0.29, 0.717) is 0 Å². The van der Waals surface area contributed by atoms with Crippen LogP contribution in [0.2, 0.25) is 18.8 Å². The van der Waals surface area contributed by atoms with Gasteiger partial charge in [0.05, 0.1) is 9.68 Å². The molecule has 0 saturated carbocycles. The summed E-state index contributed by atoms with van der Waals surface area (Å²) < 4.78 is 2.40. The normalized spacial score (nSPS) is 12.8. The molecule has 0 aliphatic heterocycles. The highest BCUT2D eigenvalue weighted by Gasteiger charge is 1.95. The lowest BCUT2D eigenvalue weighted by Crippen LogP contribution is -2.21. The maximum atomic E-state index is 2.43. The van der Waals surface area contributed by atoms with Crippen LogP contribution in [0.5, 0.6) is 0 Å². The van der Waals surface area contributed by atoms with E-state index in [-0.39, 0.29) is 18.5 Å². The molecule has 0 heterocycles. The minimum atomic E-state index is -0.207. The highest BCUT2D eigenvalue weighted by atomic mass is 28.3. The third-order valence-electron chi connectivity index (χ3n) is 1.15. The molecule has 0 atom stereocenters. The van der Waals surface area contributed by atoms with Gasteiger partial charge >= 0.3 is 0 Å². The van der Waals surface area contributed by atoms with Gasteiger partial charge in [-0.15, -0.1) is 0 Å². The van der Waals surface area contributed by atoms with Crippen LogP contribution in [0.3, 0.4) is 0 Å². The first-order valence-corrected chi connectivity index (χ1v) is 8.03. The quantitative estimate of drug-likeness (QED) is 0.511. The summed E-state index contributed by atoms with van der Waals surface area (Å²) in [7, 11) is 4.38. The molecule has 0 aromatic rings. The van der Waals surface area contributed by atoms with Gasteiger partial charge in [-0.1, -0.05) is 18.8 Å². The van der Waals surface area contributed by atoms with Crippen molar-refractivity contribution in [1.29, 1.82) is 0 Å². The van der Waals surface area contributed by atoms with Gasteiger partial charge < -0.3 is 4.57 Å². The third kappa shape index (κ3) is 6.39. The van der Waals surface area contributed by atoms with Crippen molar-refractivity contribution in [3.8, 4) is 0 Å². The molecule has 0 unspecified atom stereocenters. The molecule has 0 aliphatic rings. The summed E-state index contributed by atoms with van der Waals surface area (Å²) in [5.74, 6) is 0. The van der Waals surface area contributed by atoms with Crippen LogP contribution in [0.4, 0.5) is 0 Å². The largest absolute Gasteiger partial charge is 0.335 e. The first-order chi connectivity index (χ1) is 3.63. The average molecular weight is 147 g/mol. The summed E-state index contributed by atoms with van der Waals surface area (Å²) in [6, 6.07) is 0. The van der Waals surface area contributed by atoms with Crippen molar-refractivity contribution >= 4 is 18.5 Å². The van der Waals surface area contributed by atoms with E-state index in [9.17, 15) is 0 Å². The molecule has 1 nitrogen and oxygen atoms in total. The second-order valence-corrected chi connectivity index (χ2v) is 9.80. The Bertz CT molecular complexity index is 46.4. The van der Waals surface area contributed by atoms with E-state index in [0.717, 1.165) is 0 Å². The molecule has 0 aromatic carbocycles. The second-order valence-electron chi connectivity index (χ2n) is 2.99. The first-order valence-electron chi connectivity index (χ1n) is 3.27. The van der Waals surface area contributed by atoms with Crippen LogP contribution in [-0.4, -0.2) is 37.1 Å². The molecule has 0 spiro atoms. The van der Waals surface area contributed by atoms with E-state index < -0.39 is 0 Å². The van der Waals surface area contributed by atoms with Gasteiger partial charge in [-0.25, -0.2) is 0 Å². The van der Waals surface area contributed by atoms with Crippen molar-refractivity contribution in [2.75, 3.05) is 14.1 Å². The molecule has 50 valence electrons. The van der Waals surface area contributed by atoms with Crippen LogP contribution in [0.25, 0.3) is 0 Å². The van der Waals surface area contributed by atoms with Crippen LogP contribution in [0, 0.1) is 0 Å². The molecule has 0 rings (SSSR count). The smallest absolute Gasteiger partial charge is 0.0915 e. The molecular weight excluding hydrogens is 130 g/mol. The van der Waals surface area contributed by atoms with Crippen molar-refractivity contribution in [2.24, 2.45) is 0 Å². The third-order valence-corrected chi connectivity index (χ3v) is 7.70. The standard InChI is InChI=1S/C5H17NSi2/c1-6(2)7-5-8(3)4/h8H,5,7H2,1-4H3. The molecule has 0 aromatic heterocycles. The fourth-order valence-corrected chi connectivity index (χ4v) is 4.65. The van der Waals surface area contributed by atoms with E-state index in [4.69, 9.17) is 0 Å². The van der Waals surface area contributed by atoms with Crippen LogP contribution < -0.4 is 0 Å². The molecule has 0 amide bonds. The van der Waals surface area contributed by atoms with Crippen LogP contribution >= 0.6 is 0 Å². The predicted molar refractivity (Wildman–Crippen MR) is 45.9 cm³/mol. The summed E-state index contributed by atoms with van der Waals surface area (Å²) >= 11 is 0. The van der Waals surface area contributed by atoms with E-state index in [1.165, 1.54) is 0 Å². The Morgan fingerprint density at radius 3 is 2.00 bits per heavy atom. The zero-order valence-electron chi connectivity index (χ0n) is 6.44. The molecule has 0 fully saturated rings. The van der Waals surface area contributed by atoms with E-state index >= 15 is 0 Å². The lowest BCUT2D eigenvalue weighted by atomic mass is 11.3. The SMILES string of the molecule is CN(C)[SiH2]C[SiH](C)C. The maximum absolute atomic E-state index is 2.43. The summed E-state index contributed by atoms with van der Waals surface area (Å²) in [5.41, 5.74) is 1.59. The summed E-state index contributed by atoms with van der Waals surface area (Å²) in [5, 5.41) is 0. The van der Waals surface area contributed by atoms with Gasteiger partial charge in [0.15, 0.2) is 0 Å². The summed E-state index contributed by atoms with van der Waals surface area (Å²) in [6.45, 7) is 4.85. The predicted octanol–water partition coefficient (Wildman–Crippen LogP) is 0.0760. The van der Waals surface area contributed by atoms with E-state index in [2.05, 4.69) is 31.8 Å². The van der Waals surface area contributed by atoms with Crippen LogP contribution in [0.15, 0.2) is 0 Å². The molecule has 0 saturated heterocycles. The minimum absolute atomic E-state index is 0.194. The zero-order valence-corrected chi connectivity index (χ0v) is 9.01. The minimum Gasteiger partial charge on any atom is -0.335 e. The molecule has 0 radical (unpaired) electrons. The van der Waals surface area contributed by atoms with E-state index in [1.54, 1.807) is 5.67 Å². The molecule has 0 N–H and O–H groups in total. The van der Waals surface area contributed by atoms with Gasteiger partial charge in [0.1, 0.15) is 0 Å². The maximum Gasteiger partial charge on any atom is 0.0915 e. The van der Waals surface area contributed by atoms with Gasteiger partial charge in [-0.3, -0.25) is 0 Å². The van der Waals surface area contributed by atoms with Gasteiger partial charge in [-0.2, -0.15) is 0 Å². The monoisotopic (exact) mass is 147 g/mol. The Morgan fingerprint density at radius 1 is 1.38 bits per heavy atom. The Labute approximate surface area is 56.6 Å². The zero-order chi connectivity index (χ0) is 6.57. The highest BCUT2D eigenvalue weighted by Crippen LogP contribution is 1.87. The highest BCUT2D eigenvalue weighted by molar-refractivity contribution is 6.66. The molecular formula is C5H17NSi2. The fourth-order valence-electron chi connectivity index (χ4n) is 0.516. The van der Waals surface area contributed by atoms with Crippen LogP contribution in [0.1, 0.15) is 0 Å². The number of hydrogen-bond donors (Lipinski definition) is 0. The first kappa shape index (κ1) is 8.39. The van der Waals surface area contributed by atoms with Gasteiger partial charge in [0.2, 0.25) is 0 Å². The topological polar surface area (TPSA) is 3.24 Å². The summed E-state index contributed by atoms with van der Waals surface area (Å²) in [4.78, 5) is 0. The number of rotatable bonds is 3. The van der Waals surface area contributed by atoms with Gasteiger partial charge in [-0.05, 0) is 14.1 Å². The van der Waals surface area contributed by atoms with Gasteiger partial charge in [0, 0.05) is 8.80 Å². The molecule has 3 heteroatoms. The average Bonchev–Trinajstić information content (AvgIpc) is 1.61. The lowest BCUT2D eigenvalue weighted by molar-refractivity contribution is 0.663. The van der Waals surface area contributed by atoms with Crippen LogP contribution in [-0.2, 0) is 0 Å². The lowest BCUT2D eigenvalue weighted by Gasteiger charge is -2.08. The second kappa shape index (κ2) is 4.29.